The minimum absolute atomic E-state index is 0.0872. The fourth-order valence-electron chi connectivity index (χ4n) is 1.80. The fraction of sp³-hybridized carbons (Fsp3) is 0.364. The summed E-state index contributed by atoms with van der Waals surface area (Å²) in [4.78, 5) is -0.422. The standard InChI is InChI=1S/C11H13ClFN5O2S/c1-7(11-14-16-17-15-11)6-18(2)21(19,20)10-4-3-8(12)5-9(10)13/h3-5,7H,6H2,1-2H3,(H,14,15,16,17)/t7-/m1/s1. The molecule has 2 rings (SSSR count). The predicted molar refractivity (Wildman–Crippen MR) is 73.8 cm³/mol. The SMILES string of the molecule is C[C@H](CN(C)S(=O)(=O)c1ccc(Cl)cc1F)c1nn[nH]n1. The van der Waals surface area contributed by atoms with E-state index in [0.717, 1.165) is 16.4 Å². The number of likely N-dealkylation sites (N-methyl/N-ethyl adjacent to an activating group) is 1. The Morgan fingerprint density at radius 1 is 1.48 bits per heavy atom. The van der Waals surface area contributed by atoms with Crippen molar-refractivity contribution in [2.75, 3.05) is 13.6 Å². The molecule has 0 saturated heterocycles. The highest BCUT2D eigenvalue weighted by Crippen LogP contribution is 2.23. The number of benzene rings is 1. The highest BCUT2D eigenvalue weighted by molar-refractivity contribution is 7.89. The quantitative estimate of drug-likeness (QED) is 0.893. The van der Waals surface area contributed by atoms with Gasteiger partial charge in [-0.05, 0) is 18.2 Å². The van der Waals surface area contributed by atoms with Gasteiger partial charge in [0, 0.05) is 24.5 Å². The molecule has 0 amide bonds. The van der Waals surface area contributed by atoms with Gasteiger partial charge in [0.25, 0.3) is 0 Å². The molecular weight excluding hydrogens is 321 g/mol. The molecule has 21 heavy (non-hydrogen) atoms. The van der Waals surface area contributed by atoms with E-state index in [-0.39, 0.29) is 17.5 Å². The molecule has 1 N–H and O–H groups in total. The normalized spacial score (nSPS) is 13.6. The number of nitrogens with one attached hydrogen (secondary N) is 1. The van der Waals surface area contributed by atoms with E-state index < -0.39 is 20.7 Å². The summed E-state index contributed by atoms with van der Waals surface area (Å²) in [6.45, 7) is 1.83. The third kappa shape index (κ3) is 3.36. The summed E-state index contributed by atoms with van der Waals surface area (Å²) in [5.74, 6) is -0.797. The molecule has 10 heteroatoms. The minimum atomic E-state index is -3.96. The summed E-state index contributed by atoms with van der Waals surface area (Å²) < 4.78 is 39.5. The Bertz CT molecular complexity index is 722. The topological polar surface area (TPSA) is 91.8 Å². The lowest BCUT2D eigenvalue weighted by atomic mass is 10.2. The van der Waals surface area contributed by atoms with Gasteiger partial charge in [0.15, 0.2) is 5.82 Å². The first-order valence-electron chi connectivity index (χ1n) is 5.97. The van der Waals surface area contributed by atoms with E-state index in [1.165, 1.54) is 13.1 Å². The lowest BCUT2D eigenvalue weighted by Crippen LogP contribution is -2.31. The Kier molecular flexibility index (Phi) is 4.55. The predicted octanol–water partition coefficient (Wildman–Crippen LogP) is 1.42. The number of hydrogen-bond donors (Lipinski definition) is 1. The molecule has 1 aromatic heterocycles. The van der Waals surface area contributed by atoms with Crippen molar-refractivity contribution in [1.82, 2.24) is 24.9 Å². The monoisotopic (exact) mass is 333 g/mol. The molecule has 1 heterocycles. The lowest BCUT2D eigenvalue weighted by Gasteiger charge is -2.20. The zero-order valence-electron chi connectivity index (χ0n) is 11.3. The van der Waals surface area contributed by atoms with Gasteiger partial charge in [0.05, 0.1) is 0 Å². The molecule has 0 aliphatic carbocycles. The van der Waals surface area contributed by atoms with Crippen molar-refractivity contribution in [3.05, 3.63) is 34.9 Å². The molecule has 1 aromatic carbocycles. The van der Waals surface area contributed by atoms with Gasteiger partial charge < -0.3 is 0 Å². The van der Waals surface area contributed by atoms with E-state index in [1.807, 2.05) is 0 Å². The van der Waals surface area contributed by atoms with Crippen LogP contribution in [0.25, 0.3) is 0 Å². The average molecular weight is 334 g/mol. The molecule has 7 nitrogen and oxygen atoms in total. The van der Waals surface area contributed by atoms with Gasteiger partial charge >= 0.3 is 0 Å². The number of sulfonamides is 1. The lowest BCUT2D eigenvalue weighted by molar-refractivity contribution is 0.435. The minimum Gasteiger partial charge on any atom is -0.207 e. The molecule has 0 unspecified atom stereocenters. The van der Waals surface area contributed by atoms with Crippen LogP contribution in [0.2, 0.25) is 5.02 Å². The number of H-pyrrole nitrogens is 1. The molecule has 0 radical (unpaired) electrons. The second-order valence-corrected chi connectivity index (χ2v) is 6.98. The first-order valence-corrected chi connectivity index (χ1v) is 7.79. The van der Waals surface area contributed by atoms with Crippen LogP contribution in [-0.2, 0) is 10.0 Å². The Balaban J connectivity index is 2.22. The summed E-state index contributed by atoms with van der Waals surface area (Å²) in [5.41, 5.74) is 0. The molecule has 0 spiro atoms. The van der Waals surface area contributed by atoms with Crippen LogP contribution in [0, 0.1) is 5.82 Å². The van der Waals surface area contributed by atoms with E-state index in [4.69, 9.17) is 11.6 Å². The third-order valence-electron chi connectivity index (χ3n) is 2.92. The number of tetrazole rings is 1. The number of hydrogen-bond acceptors (Lipinski definition) is 5. The zero-order valence-corrected chi connectivity index (χ0v) is 12.9. The molecule has 114 valence electrons. The molecular formula is C11H13ClFN5O2S. The molecule has 0 fully saturated rings. The molecule has 2 aromatic rings. The fourth-order valence-corrected chi connectivity index (χ4v) is 3.26. The Labute approximate surface area is 126 Å². The molecule has 0 aliphatic rings. The van der Waals surface area contributed by atoms with Crippen molar-refractivity contribution >= 4 is 21.6 Å². The van der Waals surface area contributed by atoms with Crippen LogP contribution in [-0.4, -0.2) is 46.9 Å². The van der Waals surface area contributed by atoms with E-state index in [0.29, 0.717) is 5.82 Å². The van der Waals surface area contributed by atoms with Gasteiger partial charge in [-0.3, -0.25) is 0 Å². The molecule has 0 aliphatic heterocycles. The summed E-state index contributed by atoms with van der Waals surface area (Å²) in [6, 6.07) is 3.43. The van der Waals surface area contributed by atoms with Crippen molar-refractivity contribution in [3.63, 3.8) is 0 Å². The number of aromatic amines is 1. The maximum atomic E-state index is 13.8. The Morgan fingerprint density at radius 3 is 2.76 bits per heavy atom. The van der Waals surface area contributed by atoms with Gasteiger partial charge in [0.2, 0.25) is 10.0 Å². The largest absolute Gasteiger partial charge is 0.245 e. The number of halogens is 2. The van der Waals surface area contributed by atoms with Crippen LogP contribution in [0.4, 0.5) is 4.39 Å². The van der Waals surface area contributed by atoms with E-state index >= 15 is 0 Å². The van der Waals surface area contributed by atoms with Gasteiger partial charge in [-0.15, -0.1) is 10.2 Å². The van der Waals surface area contributed by atoms with E-state index in [2.05, 4.69) is 20.6 Å². The van der Waals surface area contributed by atoms with Gasteiger partial charge in [-0.25, -0.2) is 17.1 Å². The van der Waals surface area contributed by atoms with Gasteiger partial charge in [-0.1, -0.05) is 23.7 Å². The summed E-state index contributed by atoms with van der Waals surface area (Å²) in [5, 5.41) is 13.4. The smallest absolute Gasteiger partial charge is 0.207 e. The van der Waals surface area contributed by atoms with Crippen LogP contribution >= 0.6 is 11.6 Å². The Morgan fingerprint density at radius 2 is 2.19 bits per heavy atom. The summed E-state index contributed by atoms with van der Waals surface area (Å²) >= 11 is 5.62. The van der Waals surface area contributed by atoms with Gasteiger partial charge in [0.1, 0.15) is 10.7 Å². The highest BCUT2D eigenvalue weighted by Gasteiger charge is 2.27. The van der Waals surface area contributed by atoms with Crippen molar-refractivity contribution < 1.29 is 12.8 Å². The van der Waals surface area contributed by atoms with Crippen LogP contribution in [0.3, 0.4) is 0 Å². The molecule has 0 saturated carbocycles. The molecule has 0 bridgehead atoms. The summed E-state index contributed by atoms with van der Waals surface area (Å²) in [6.07, 6.45) is 0. The number of rotatable bonds is 5. The first kappa shape index (κ1) is 15.8. The van der Waals surface area contributed by atoms with Crippen molar-refractivity contribution in [1.29, 1.82) is 0 Å². The molecule has 1 atom stereocenters. The zero-order chi connectivity index (χ0) is 15.6. The highest BCUT2D eigenvalue weighted by atomic mass is 35.5. The number of nitrogens with zero attached hydrogens (tertiary/aromatic N) is 4. The van der Waals surface area contributed by atoms with Crippen LogP contribution in [0.15, 0.2) is 23.1 Å². The first-order chi connectivity index (χ1) is 9.82. The van der Waals surface area contributed by atoms with Crippen LogP contribution in [0.5, 0.6) is 0 Å². The third-order valence-corrected chi connectivity index (χ3v) is 5.01. The maximum absolute atomic E-state index is 13.8. The Hall–Kier alpha value is -1.58. The van der Waals surface area contributed by atoms with E-state index in [9.17, 15) is 12.8 Å². The number of aromatic nitrogens is 4. The second kappa shape index (κ2) is 6.04. The van der Waals surface area contributed by atoms with Crippen LogP contribution in [0.1, 0.15) is 18.7 Å². The van der Waals surface area contributed by atoms with Crippen LogP contribution < -0.4 is 0 Å². The van der Waals surface area contributed by atoms with Crippen molar-refractivity contribution in [2.24, 2.45) is 0 Å². The summed E-state index contributed by atoms with van der Waals surface area (Å²) in [7, 11) is -2.60. The van der Waals surface area contributed by atoms with Crippen molar-refractivity contribution in [2.45, 2.75) is 17.7 Å². The van der Waals surface area contributed by atoms with Gasteiger partial charge in [-0.2, -0.15) is 5.21 Å². The van der Waals surface area contributed by atoms with E-state index in [1.54, 1.807) is 6.92 Å². The maximum Gasteiger partial charge on any atom is 0.245 e. The van der Waals surface area contributed by atoms with Crippen molar-refractivity contribution in [3.8, 4) is 0 Å². The average Bonchev–Trinajstić information content (AvgIpc) is 2.91. The second-order valence-electron chi connectivity index (χ2n) is 4.53.